The fourth-order valence-corrected chi connectivity index (χ4v) is 3.66. The molecule has 0 spiro atoms. The molecule has 3 heterocycles. The van der Waals surface area contributed by atoms with Gasteiger partial charge in [-0.15, -0.1) is 0 Å². The van der Waals surface area contributed by atoms with Crippen molar-refractivity contribution in [3.05, 3.63) is 35.2 Å². The highest BCUT2D eigenvalue weighted by molar-refractivity contribution is 5.44. The Hall–Kier alpha value is -1.80. The number of pyridine rings is 1. The fraction of sp³-hybridized carbons (Fsp3) is 0.611. The van der Waals surface area contributed by atoms with E-state index in [1.165, 1.54) is 11.9 Å². The van der Waals surface area contributed by atoms with E-state index in [1.54, 1.807) is 0 Å². The van der Waals surface area contributed by atoms with Gasteiger partial charge in [0.1, 0.15) is 5.82 Å². The molecular weight excluding hydrogens is 343 g/mol. The molecule has 1 aromatic rings. The molecule has 5 nitrogen and oxygen atoms in total. The Kier molecular flexibility index (Phi) is 5.16. The van der Waals surface area contributed by atoms with E-state index in [0.717, 1.165) is 32.0 Å². The highest BCUT2D eigenvalue weighted by Crippen LogP contribution is 2.37. The number of aromatic nitrogens is 1. The van der Waals surface area contributed by atoms with Crippen molar-refractivity contribution in [1.29, 1.82) is 0 Å². The van der Waals surface area contributed by atoms with Crippen LogP contribution in [0.25, 0.3) is 0 Å². The minimum absolute atomic E-state index is 0.203. The summed E-state index contributed by atoms with van der Waals surface area (Å²) in [4.78, 5) is 6.07. The monoisotopic (exact) mass is 369 g/mol. The number of nitrogens with two attached hydrogens (primary N) is 1. The second-order valence-corrected chi connectivity index (χ2v) is 7.44. The van der Waals surface area contributed by atoms with Crippen LogP contribution >= 0.6 is 0 Å². The molecule has 3 N–H and O–H groups in total. The van der Waals surface area contributed by atoms with Gasteiger partial charge in [0.05, 0.1) is 11.6 Å². The summed E-state index contributed by atoms with van der Waals surface area (Å²) in [5.41, 5.74) is 9.53. The van der Waals surface area contributed by atoms with E-state index in [1.807, 2.05) is 6.08 Å². The molecule has 1 unspecified atom stereocenters. The largest absolute Gasteiger partial charge is 0.419 e. The first-order valence-corrected chi connectivity index (χ1v) is 8.95. The molecular formula is C18H26F3N5. The van der Waals surface area contributed by atoms with Gasteiger partial charge in [0.15, 0.2) is 0 Å². The van der Waals surface area contributed by atoms with Gasteiger partial charge in [0.25, 0.3) is 0 Å². The predicted octanol–water partition coefficient (Wildman–Crippen LogP) is 3.18. The number of anilines is 1. The van der Waals surface area contributed by atoms with Crippen molar-refractivity contribution in [3.8, 4) is 0 Å². The molecule has 1 saturated heterocycles. The molecule has 0 aliphatic carbocycles. The van der Waals surface area contributed by atoms with Crippen LogP contribution in [-0.4, -0.2) is 41.1 Å². The van der Waals surface area contributed by atoms with E-state index in [0.29, 0.717) is 11.5 Å². The van der Waals surface area contributed by atoms with E-state index in [9.17, 15) is 13.2 Å². The quantitative estimate of drug-likeness (QED) is 0.857. The fourth-order valence-electron chi connectivity index (χ4n) is 3.66. The van der Waals surface area contributed by atoms with Crippen molar-refractivity contribution < 1.29 is 13.2 Å². The average molecular weight is 369 g/mol. The first-order valence-electron chi connectivity index (χ1n) is 8.95. The Labute approximate surface area is 152 Å². The van der Waals surface area contributed by atoms with E-state index in [2.05, 4.69) is 41.2 Å². The Morgan fingerprint density at radius 2 is 1.92 bits per heavy atom. The van der Waals surface area contributed by atoms with Gasteiger partial charge in [-0.25, -0.2) is 10.4 Å². The third kappa shape index (κ3) is 3.81. The summed E-state index contributed by atoms with van der Waals surface area (Å²) in [7, 11) is 2.11. The number of nitrogens with one attached hydrogen (secondary N) is 1. The summed E-state index contributed by atoms with van der Waals surface area (Å²) in [6.07, 6.45) is 1.06. The molecule has 1 atom stereocenters. The molecule has 0 bridgehead atoms. The lowest BCUT2D eigenvalue weighted by molar-refractivity contribution is -0.137. The van der Waals surface area contributed by atoms with Crippen LogP contribution in [0.2, 0.25) is 0 Å². The normalized spacial score (nSPS) is 23.0. The third-order valence-corrected chi connectivity index (χ3v) is 5.15. The predicted molar refractivity (Wildman–Crippen MR) is 94.8 cm³/mol. The van der Waals surface area contributed by atoms with Crippen molar-refractivity contribution in [2.45, 2.75) is 44.9 Å². The zero-order valence-electron chi connectivity index (χ0n) is 15.3. The molecule has 2 aliphatic heterocycles. The second-order valence-electron chi connectivity index (χ2n) is 7.44. The van der Waals surface area contributed by atoms with Crippen LogP contribution in [0.5, 0.6) is 0 Å². The molecule has 0 aromatic carbocycles. The van der Waals surface area contributed by atoms with Gasteiger partial charge in [-0.1, -0.05) is 0 Å². The van der Waals surface area contributed by atoms with Crippen molar-refractivity contribution in [2.75, 3.05) is 25.9 Å². The number of likely N-dealkylation sites (tertiary alicyclic amines) is 1. The molecule has 3 rings (SSSR count). The molecule has 144 valence electrons. The number of rotatable bonds is 3. The zero-order chi connectivity index (χ0) is 19.1. The van der Waals surface area contributed by atoms with Gasteiger partial charge < -0.3 is 15.6 Å². The first kappa shape index (κ1) is 19.0. The van der Waals surface area contributed by atoms with Gasteiger partial charge in [-0.2, -0.15) is 13.2 Å². The molecule has 0 amide bonds. The number of hydrogen-bond acceptors (Lipinski definition) is 5. The Morgan fingerprint density at radius 1 is 1.27 bits per heavy atom. The highest BCUT2D eigenvalue weighted by atomic mass is 19.4. The molecule has 8 heteroatoms. The number of halogens is 3. The molecule has 0 radical (unpaired) electrons. The van der Waals surface area contributed by atoms with E-state index in [-0.39, 0.29) is 12.1 Å². The number of alkyl halides is 3. The highest BCUT2D eigenvalue weighted by Gasteiger charge is 2.36. The summed E-state index contributed by atoms with van der Waals surface area (Å²) in [6, 6.07) is 0.975. The maximum atomic E-state index is 13.2. The van der Waals surface area contributed by atoms with Crippen LogP contribution in [-0.2, 0) is 6.18 Å². The first-order chi connectivity index (χ1) is 12.2. The van der Waals surface area contributed by atoms with Gasteiger partial charge in [0, 0.05) is 23.9 Å². The molecule has 26 heavy (non-hydrogen) atoms. The maximum Gasteiger partial charge on any atom is 0.419 e. The molecule has 1 fully saturated rings. The molecule has 2 aliphatic rings. The number of allylic oxidation sites excluding steroid dienone is 1. The van der Waals surface area contributed by atoms with E-state index < -0.39 is 17.6 Å². The number of piperidine rings is 1. The average Bonchev–Trinajstić information content (AvgIpc) is 3.00. The van der Waals surface area contributed by atoms with Gasteiger partial charge in [-0.05, 0) is 64.5 Å². The molecule has 0 saturated carbocycles. The van der Waals surface area contributed by atoms with Crippen LogP contribution in [0.15, 0.2) is 24.0 Å². The molecule has 1 aromatic heterocycles. The van der Waals surface area contributed by atoms with Gasteiger partial charge >= 0.3 is 6.18 Å². The lowest BCUT2D eigenvalue weighted by Crippen LogP contribution is -2.42. The Morgan fingerprint density at radius 3 is 2.50 bits per heavy atom. The van der Waals surface area contributed by atoms with Gasteiger partial charge in [0.2, 0.25) is 0 Å². The van der Waals surface area contributed by atoms with Crippen LogP contribution in [0.4, 0.5) is 19.0 Å². The SMILES string of the molecule is CC(C)N1NC(c2cnc(N)c(C(F)(F)F)c2)C=C1C1CCN(C)CC1. The minimum Gasteiger partial charge on any atom is -0.383 e. The zero-order valence-corrected chi connectivity index (χ0v) is 15.3. The van der Waals surface area contributed by atoms with Crippen LogP contribution in [0.1, 0.15) is 43.9 Å². The topological polar surface area (TPSA) is 57.4 Å². The van der Waals surface area contributed by atoms with Crippen LogP contribution in [0.3, 0.4) is 0 Å². The van der Waals surface area contributed by atoms with E-state index in [4.69, 9.17) is 5.73 Å². The maximum absolute atomic E-state index is 13.2. The summed E-state index contributed by atoms with van der Waals surface area (Å²) < 4.78 is 39.5. The third-order valence-electron chi connectivity index (χ3n) is 5.15. The summed E-state index contributed by atoms with van der Waals surface area (Å²) in [5.74, 6) is -0.0746. The number of nitrogens with zero attached hydrogens (tertiary/aromatic N) is 3. The Balaban J connectivity index is 1.89. The Bertz CT molecular complexity index is 678. The standard InChI is InChI=1S/C18H26F3N5/c1-11(2)26-16(12-4-6-25(3)7-5-12)9-15(24-26)13-8-14(18(19,20)21)17(22)23-10-13/h8-12,15,24H,4-7H2,1-3H3,(H2,22,23). The number of nitrogen functional groups attached to an aromatic ring is 1. The number of hydrazine groups is 1. The van der Waals surface area contributed by atoms with Crippen molar-refractivity contribution in [1.82, 2.24) is 20.3 Å². The lowest BCUT2D eigenvalue weighted by Gasteiger charge is -2.36. The van der Waals surface area contributed by atoms with E-state index >= 15 is 0 Å². The van der Waals surface area contributed by atoms with Gasteiger partial charge in [-0.3, -0.25) is 0 Å². The summed E-state index contributed by atoms with van der Waals surface area (Å²) >= 11 is 0. The van der Waals surface area contributed by atoms with Crippen molar-refractivity contribution in [3.63, 3.8) is 0 Å². The van der Waals surface area contributed by atoms with Crippen LogP contribution in [0, 0.1) is 5.92 Å². The van der Waals surface area contributed by atoms with Crippen molar-refractivity contribution >= 4 is 5.82 Å². The lowest BCUT2D eigenvalue weighted by atomic mass is 9.92. The van der Waals surface area contributed by atoms with Crippen LogP contribution < -0.4 is 11.2 Å². The minimum atomic E-state index is -4.51. The number of hydrogen-bond donors (Lipinski definition) is 2. The summed E-state index contributed by atoms with van der Waals surface area (Å²) in [5, 5.41) is 2.09. The second kappa shape index (κ2) is 7.08. The smallest absolute Gasteiger partial charge is 0.383 e. The van der Waals surface area contributed by atoms with Crippen molar-refractivity contribution in [2.24, 2.45) is 5.92 Å². The summed E-state index contributed by atoms with van der Waals surface area (Å²) in [6.45, 7) is 6.20.